The molecule has 0 aliphatic carbocycles. The number of amides is 1. The molecular weight excluding hydrogens is 202 g/mol. The summed E-state index contributed by atoms with van der Waals surface area (Å²) in [7, 11) is 0. The lowest BCUT2D eigenvalue weighted by molar-refractivity contribution is 0.0952. The summed E-state index contributed by atoms with van der Waals surface area (Å²) in [6.07, 6.45) is 0. The van der Waals surface area contributed by atoms with E-state index >= 15 is 0 Å². The van der Waals surface area contributed by atoms with Crippen LogP contribution in [0, 0.1) is 0 Å². The van der Waals surface area contributed by atoms with Crippen molar-refractivity contribution in [2.45, 2.75) is 6.92 Å². The van der Waals surface area contributed by atoms with E-state index in [1.807, 2.05) is 19.1 Å². The highest BCUT2D eigenvalue weighted by molar-refractivity contribution is 6.03. The molecule has 1 N–H and O–H groups in total. The monoisotopic (exact) mass is 214 g/mol. The lowest BCUT2D eigenvalue weighted by Gasteiger charge is -2.05. The first kappa shape index (κ1) is 10.5. The topological polar surface area (TPSA) is 49.0 Å². The van der Waals surface area contributed by atoms with E-state index in [-0.39, 0.29) is 17.2 Å². The summed E-state index contributed by atoms with van der Waals surface area (Å²) in [4.78, 5) is 11.6. The minimum atomic E-state index is -0.307. The van der Waals surface area contributed by atoms with Crippen molar-refractivity contribution < 1.29 is 9.90 Å². The summed E-state index contributed by atoms with van der Waals surface area (Å²) in [5.74, 6) is -0.512. The van der Waals surface area contributed by atoms with Gasteiger partial charge in [-0.1, -0.05) is 30.3 Å². The quantitative estimate of drug-likeness (QED) is 0.820. The first-order valence-corrected chi connectivity index (χ1v) is 5.21. The number of fused-ring (bicyclic) bond motifs is 1. The van der Waals surface area contributed by atoms with Gasteiger partial charge < -0.3 is 5.32 Å². The molecule has 16 heavy (non-hydrogen) atoms. The Balaban J connectivity index is 2.56. The van der Waals surface area contributed by atoms with Gasteiger partial charge in [-0.05, 0) is 18.4 Å². The van der Waals surface area contributed by atoms with E-state index in [0.29, 0.717) is 11.9 Å². The van der Waals surface area contributed by atoms with Gasteiger partial charge in [0, 0.05) is 11.9 Å². The highest BCUT2D eigenvalue weighted by Crippen LogP contribution is 2.28. The van der Waals surface area contributed by atoms with E-state index in [9.17, 15) is 9.90 Å². The normalized spacial score (nSPS) is 10.3. The molecule has 1 radical (unpaired) electrons. The summed E-state index contributed by atoms with van der Waals surface area (Å²) in [5, 5.41) is 16.1. The van der Waals surface area contributed by atoms with Gasteiger partial charge in [-0.2, -0.15) is 0 Å². The van der Waals surface area contributed by atoms with Crippen molar-refractivity contribution in [2.24, 2.45) is 0 Å². The number of hydrogen-bond donors (Lipinski definition) is 1. The van der Waals surface area contributed by atoms with Crippen LogP contribution < -0.4 is 5.32 Å². The second-order valence-electron chi connectivity index (χ2n) is 3.52. The van der Waals surface area contributed by atoms with Crippen LogP contribution in [-0.2, 0) is 5.11 Å². The number of nitrogens with one attached hydrogen (secondary N) is 1. The lowest BCUT2D eigenvalue weighted by Crippen LogP contribution is -2.22. The molecule has 0 spiro atoms. The van der Waals surface area contributed by atoms with Crippen LogP contribution in [0.15, 0.2) is 36.4 Å². The molecule has 0 heterocycles. The number of benzene rings is 2. The molecule has 0 fully saturated rings. The third kappa shape index (κ3) is 1.72. The van der Waals surface area contributed by atoms with Crippen LogP contribution in [0.25, 0.3) is 10.8 Å². The fourth-order valence-corrected chi connectivity index (χ4v) is 1.68. The third-order valence-corrected chi connectivity index (χ3v) is 2.46. The Morgan fingerprint density at radius 2 is 1.94 bits per heavy atom. The standard InChI is InChI=1S/C13H12NO2/c1-2-14-13(16)11-8-7-9-5-3-4-6-10(9)12(11)15/h3-8H,2H2,1H3,(H,14,16). The predicted octanol–water partition coefficient (Wildman–Crippen LogP) is 2.73. The van der Waals surface area contributed by atoms with Gasteiger partial charge in [0.05, 0.1) is 5.56 Å². The minimum Gasteiger partial charge on any atom is -0.352 e. The highest BCUT2D eigenvalue weighted by Gasteiger charge is 2.14. The average Bonchev–Trinajstić information content (AvgIpc) is 2.30. The molecule has 0 aliphatic rings. The zero-order chi connectivity index (χ0) is 11.5. The molecule has 0 aliphatic heterocycles. The first-order valence-electron chi connectivity index (χ1n) is 5.21. The minimum absolute atomic E-state index is 0.205. The van der Waals surface area contributed by atoms with Gasteiger partial charge >= 0.3 is 0 Å². The van der Waals surface area contributed by atoms with E-state index in [1.165, 1.54) is 0 Å². The van der Waals surface area contributed by atoms with Gasteiger partial charge in [0.15, 0.2) is 5.75 Å². The zero-order valence-corrected chi connectivity index (χ0v) is 8.99. The predicted molar refractivity (Wildman–Crippen MR) is 62.1 cm³/mol. The van der Waals surface area contributed by atoms with Crippen molar-refractivity contribution in [1.29, 1.82) is 0 Å². The Morgan fingerprint density at radius 1 is 1.19 bits per heavy atom. The maximum absolute atomic E-state index is 12.0. The molecule has 0 bridgehead atoms. The molecule has 0 saturated carbocycles. The second kappa shape index (κ2) is 4.23. The van der Waals surface area contributed by atoms with Crippen LogP contribution in [0.1, 0.15) is 17.3 Å². The van der Waals surface area contributed by atoms with Crippen molar-refractivity contribution in [3.05, 3.63) is 42.0 Å². The van der Waals surface area contributed by atoms with Crippen molar-refractivity contribution in [3.63, 3.8) is 0 Å². The molecule has 0 unspecified atom stereocenters. The van der Waals surface area contributed by atoms with E-state index < -0.39 is 0 Å². The molecule has 3 nitrogen and oxygen atoms in total. The number of hydrogen-bond acceptors (Lipinski definition) is 1. The maximum Gasteiger partial charge on any atom is 0.255 e. The van der Waals surface area contributed by atoms with Crippen LogP contribution in [-0.4, -0.2) is 12.5 Å². The molecular formula is C13H12NO2. The second-order valence-corrected chi connectivity index (χ2v) is 3.52. The Morgan fingerprint density at radius 3 is 2.69 bits per heavy atom. The smallest absolute Gasteiger partial charge is 0.255 e. The van der Waals surface area contributed by atoms with Gasteiger partial charge in [-0.3, -0.25) is 9.90 Å². The fraction of sp³-hybridized carbons (Fsp3) is 0.154. The Kier molecular flexibility index (Phi) is 2.77. The zero-order valence-electron chi connectivity index (χ0n) is 8.99. The summed E-state index contributed by atoms with van der Waals surface area (Å²) in [5.41, 5.74) is 0.209. The first-order chi connectivity index (χ1) is 7.74. The van der Waals surface area contributed by atoms with Gasteiger partial charge in [-0.25, -0.2) is 0 Å². The largest absolute Gasteiger partial charge is 0.352 e. The van der Waals surface area contributed by atoms with E-state index in [0.717, 1.165) is 5.39 Å². The molecule has 3 heteroatoms. The van der Waals surface area contributed by atoms with Crippen molar-refractivity contribution >= 4 is 16.7 Å². The fourth-order valence-electron chi connectivity index (χ4n) is 1.68. The van der Waals surface area contributed by atoms with Gasteiger partial charge in [0.2, 0.25) is 0 Å². The number of carbonyl (C=O) groups excluding carboxylic acids is 1. The van der Waals surface area contributed by atoms with E-state index in [1.54, 1.807) is 24.3 Å². The van der Waals surface area contributed by atoms with E-state index in [4.69, 9.17) is 0 Å². The third-order valence-electron chi connectivity index (χ3n) is 2.46. The molecule has 2 aromatic rings. The van der Waals surface area contributed by atoms with Gasteiger partial charge in [0.1, 0.15) is 0 Å². The van der Waals surface area contributed by atoms with Gasteiger partial charge in [0.25, 0.3) is 5.91 Å². The molecule has 2 aromatic carbocycles. The summed E-state index contributed by atoms with van der Waals surface area (Å²) >= 11 is 0. The number of carbonyl (C=O) groups is 1. The van der Waals surface area contributed by atoms with E-state index in [2.05, 4.69) is 5.32 Å². The lowest BCUT2D eigenvalue weighted by atomic mass is 10.0. The molecule has 81 valence electrons. The maximum atomic E-state index is 12.0. The Bertz CT molecular complexity index is 534. The molecule has 0 aromatic heterocycles. The average molecular weight is 214 g/mol. The van der Waals surface area contributed by atoms with Crippen LogP contribution >= 0.6 is 0 Å². The molecule has 0 atom stereocenters. The summed E-state index contributed by atoms with van der Waals surface area (Å²) < 4.78 is 0. The summed E-state index contributed by atoms with van der Waals surface area (Å²) in [6, 6.07) is 10.6. The van der Waals surface area contributed by atoms with Crippen molar-refractivity contribution in [1.82, 2.24) is 5.32 Å². The SMILES string of the molecule is CCNC(=O)c1ccc2ccccc2c1[O]. The van der Waals surface area contributed by atoms with Crippen LogP contribution in [0.4, 0.5) is 0 Å². The Labute approximate surface area is 93.7 Å². The van der Waals surface area contributed by atoms with Crippen LogP contribution in [0.2, 0.25) is 0 Å². The van der Waals surface area contributed by atoms with Crippen LogP contribution in [0.3, 0.4) is 0 Å². The van der Waals surface area contributed by atoms with Crippen molar-refractivity contribution in [2.75, 3.05) is 6.54 Å². The van der Waals surface area contributed by atoms with Crippen LogP contribution in [0.5, 0.6) is 5.75 Å². The number of rotatable bonds is 2. The van der Waals surface area contributed by atoms with Crippen molar-refractivity contribution in [3.8, 4) is 5.75 Å². The van der Waals surface area contributed by atoms with Gasteiger partial charge in [-0.15, -0.1) is 0 Å². The summed E-state index contributed by atoms with van der Waals surface area (Å²) in [6.45, 7) is 2.34. The highest BCUT2D eigenvalue weighted by atomic mass is 16.3. The molecule has 2 rings (SSSR count). The molecule has 1 amide bonds. The molecule has 0 saturated heterocycles. The Hall–Kier alpha value is -2.03.